The molecule has 0 radical (unpaired) electrons. The number of benzene rings is 2. The molecule has 0 spiro atoms. The van der Waals surface area contributed by atoms with Gasteiger partial charge in [-0.15, -0.1) is 0 Å². The number of anilines is 1. The third-order valence-corrected chi connectivity index (χ3v) is 5.20. The quantitative estimate of drug-likeness (QED) is 0.654. The van der Waals surface area contributed by atoms with Crippen LogP contribution in [0.2, 0.25) is 0 Å². The molecule has 1 heterocycles. The van der Waals surface area contributed by atoms with E-state index in [4.69, 9.17) is 4.42 Å². The van der Waals surface area contributed by atoms with Gasteiger partial charge in [0, 0.05) is 29.0 Å². The summed E-state index contributed by atoms with van der Waals surface area (Å²) in [5.74, 6) is 1.32. The Kier molecular flexibility index (Phi) is 5.75. The SMILES string of the molecule is Cc1cc(=O)oc2cc(NC(=O)[C@@H]([NH3+])CSCc3ccccc3)ccc12. The minimum Gasteiger partial charge on any atom is -0.423 e. The van der Waals surface area contributed by atoms with Gasteiger partial charge in [0.25, 0.3) is 5.91 Å². The summed E-state index contributed by atoms with van der Waals surface area (Å²) in [4.78, 5) is 23.9. The molecule has 4 N–H and O–H groups in total. The van der Waals surface area contributed by atoms with Crippen molar-refractivity contribution in [1.29, 1.82) is 0 Å². The third-order valence-electron chi connectivity index (χ3n) is 4.02. The normalized spacial score (nSPS) is 12.1. The highest BCUT2D eigenvalue weighted by molar-refractivity contribution is 7.98. The van der Waals surface area contributed by atoms with E-state index < -0.39 is 5.63 Å². The maximum atomic E-state index is 12.3. The molecule has 3 rings (SSSR count). The Labute approximate surface area is 155 Å². The summed E-state index contributed by atoms with van der Waals surface area (Å²) in [5, 5.41) is 3.70. The highest BCUT2D eigenvalue weighted by atomic mass is 32.2. The molecule has 1 amide bonds. The summed E-state index contributed by atoms with van der Waals surface area (Å²) in [6.45, 7) is 1.85. The van der Waals surface area contributed by atoms with Crippen molar-refractivity contribution in [3.05, 3.63) is 76.1 Å². The molecular weight excluding hydrogens is 348 g/mol. The molecule has 1 aromatic heterocycles. The van der Waals surface area contributed by atoms with Crippen molar-refractivity contribution in [1.82, 2.24) is 0 Å². The first kappa shape index (κ1) is 18.2. The van der Waals surface area contributed by atoms with E-state index in [1.54, 1.807) is 23.9 Å². The van der Waals surface area contributed by atoms with Gasteiger partial charge in [0.05, 0.1) is 5.75 Å². The zero-order valence-electron chi connectivity index (χ0n) is 14.5. The maximum Gasteiger partial charge on any atom is 0.336 e. The van der Waals surface area contributed by atoms with Crippen LogP contribution in [0.25, 0.3) is 11.0 Å². The average Bonchev–Trinajstić information content (AvgIpc) is 2.62. The summed E-state index contributed by atoms with van der Waals surface area (Å²) in [6, 6.07) is 16.5. The third kappa shape index (κ3) is 4.53. The molecule has 1 atom stereocenters. The second kappa shape index (κ2) is 8.21. The Morgan fingerprint density at radius 3 is 2.73 bits per heavy atom. The van der Waals surface area contributed by atoms with Crippen LogP contribution >= 0.6 is 11.8 Å². The van der Waals surface area contributed by atoms with Crippen LogP contribution in [0.3, 0.4) is 0 Å². The van der Waals surface area contributed by atoms with Crippen molar-refractivity contribution >= 4 is 34.3 Å². The van der Waals surface area contributed by atoms with Crippen LogP contribution in [-0.4, -0.2) is 17.7 Å². The van der Waals surface area contributed by atoms with Gasteiger partial charge >= 0.3 is 5.63 Å². The van der Waals surface area contributed by atoms with Gasteiger partial charge < -0.3 is 15.5 Å². The minimum absolute atomic E-state index is 0.153. The first-order valence-corrected chi connectivity index (χ1v) is 9.48. The topological polar surface area (TPSA) is 87.0 Å². The Bertz CT molecular complexity index is 970. The van der Waals surface area contributed by atoms with Crippen LogP contribution in [0.1, 0.15) is 11.1 Å². The maximum absolute atomic E-state index is 12.3. The molecule has 0 saturated heterocycles. The first-order valence-electron chi connectivity index (χ1n) is 8.33. The van der Waals surface area contributed by atoms with Gasteiger partial charge in [0.15, 0.2) is 6.04 Å². The summed E-state index contributed by atoms with van der Waals surface area (Å²) < 4.78 is 5.21. The van der Waals surface area contributed by atoms with Gasteiger partial charge in [-0.25, -0.2) is 4.79 Å². The molecule has 5 nitrogen and oxygen atoms in total. The van der Waals surface area contributed by atoms with Crippen LogP contribution in [0.4, 0.5) is 5.69 Å². The molecule has 3 aromatic rings. The highest BCUT2D eigenvalue weighted by Gasteiger charge is 2.17. The van der Waals surface area contributed by atoms with E-state index in [1.165, 1.54) is 11.6 Å². The number of hydrogen-bond donors (Lipinski definition) is 2. The molecule has 134 valence electrons. The smallest absolute Gasteiger partial charge is 0.336 e. The molecular formula is C20H21N2O3S+. The fourth-order valence-electron chi connectivity index (χ4n) is 2.62. The van der Waals surface area contributed by atoms with Crippen molar-refractivity contribution in [2.75, 3.05) is 11.1 Å². The lowest BCUT2D eigenvalue weighted by Gasteiger charge is -2.10. The number of thioether (sulfide) groups is 1. The number of carbonyl (C=O) groups excluding carboxylic acids is 1. The van der Waals surface area contributed by atoms with Crippen LogP contribution in [0, 0.1) is 6.92 Å². The van der Waals surface area contributed by atoms with E-state index in [1.807, 2.05) is 31.2 Å². The van der Waals surface area contributed by atoms with E-state index >= 15 is 0 Å². The Hall–Kier alpha value is -2.57. The van der Waals surface area contributed by atoms with E-state index in [-0.39, 0.29) is 11.9 Å². The molecule has 0 aliphatic carbocycles. The largest absolute Gasteiger partial charge is 0.423 e. The molecule has 6 heteroatoms. The van der Waals surface area contributed by atoms with Gasteiger partial charge in [-0.3, -0.25) is 4.79 Å². The number of aryl methyl sites for hydroxylation is 1. The van der Waals surface area contributed by atoms with Crippen LogP contribution in [0.15, 0.2) is 63.8 Å². The molecule has 2 aromatic carbocycles. The van der Waals surface area contributed by atoms with E-state index in [2.05, 4.69) is 23.2 Å². The summed E-state index contributed by atoms with van der Waals surface area (Å²) in [7, 11) is 0. The lowest BCUT2D eigenvalue weighted by Crippen LogP contribution is -2.67. The highest BCUT2D eigenvalue weighted by Crippen LogP contribution is 2.21. The number of hydrogen-bond acceptors (Lipinski definition) is 4. The van der Waals surface area contributed by atoms with Crippen LogP contribution in [-0.2, 0) is 10.5 Å². The number of fused-ring (bicyclic) bond motifs is 1. The van der Waals surface area contributed by atoms with Gasteiger partial charge in [-0.05, 0) is 30.2 Å². The van der Waals surface area contributed by atoms with Gasteiger partial charge in [-0.2, -0.15) is 11.8 Å². The average molecular weight is 369 g/mol. The number of nitrogens with one attached hydrogen (secondary N) is 1. The van der Waals surface area contributed by atoms with Gasteiger partial charge in [0.1, 0.15) is 5.58 Å². The lowest BCUT2D eigenvalue weighted by atomic mass is 10.1. The molecule has 26 heavy (non-hydrogen) atoms. The zero-order valence-corrected chi connectivity index (χ0v) is 15.3. The number of carbonyl (C=O) groups is 1. The summed E-state index contributed by atoms with van der Waals surface area (Å²) >= 11 is 1.68. The standard InChI is InChI=1S/C20H20N2O3S/c1-13-9-19(23)25-18-10-15(7-8-16(13)18)22-20(24)17(21)12-26-11-14-5-3-2-4-6-14/h2-10,17H,11-12,21H2,1H3,(H,22,24)/p+1/t17-/m0/s1. The number of amides is 1. The first-order chi connectivity index (χ1) is 12.5. The van der Waals surface area contributed by atoms with E-state index in [0.29, 0.717) is 17.0 Å². The van der Waals surface area contributed by atoms with Gasteiger partial charge in [-0.1, -0.05) is 30.3 Å². The summed E-state index contributed by atoms with van der Waals surface area (Å²) in [5.41, 5.74) is 6.69. The molecule has 0 aliphatic heterocycles. The van der Waals surface area contributed by atoms with Crippen molar-refractivity contribution in [2.24, 2.45) is 0 Å². The Balaban J connectivity index is 1.60. The monoisotopic (exact) mass is 369 g/mol. The predicted octanol–water partition coefficient (Wildman–Crippen LogP) is 2.58. The van der Waals surface area contributed by atoms with Crippen molar-refractivity contribution in [3.8, 4) is 0 Å². The zero-order chi connectivity index (χ0) is 18.5. The van der Waals surface area contributed by atoms with E-state index in [0.717, 1.165) is 16.7 Å². The number of rotatable bonds is 6. The van der Waals surface area contributed by atoms with Crippen LogP contribution < -0.4 is 16.7 Å². The van der Waals surface area contributed by atoms with Crippen molar-refractivity contribution in [3.63, 3.8) is 0 Å². The molecule has 0 aliphatic rings. The van der Waals surface area contributed by atoms with Crippen molar-refractivity contribution < 1.29 is 14.9 Å². The van der Waals surface area contributed by atoms with Crippen molar-refractivity contribution in [2.45, 2.75) is 18.7 Å². The molecule has 0 bridgehead atoms. The van der Waals surface area contributed by atoms with E-state index in [9.17, 15) is 9.59 Å². The predicted molar refractivity (Wildman–Crippen MR) is 105 cm³/mol. The fourth-order valence-corrected chi connectivity index (χ4v) is 3.60. The molecule has 0 fully saturated rings. The summed E-state index contributed by atoms with van der Waals surface area (Å²) in [6.07, 6.45) is 0. The Morgan fingerprint density at radius 1 is 1.19 bits per heavy atom. The lowest BCUT2D eigenvalue weighted by molar-refractivity contribution is -0.395. The second-order valence-corrected chi connectivity index (χ2v) is 7.18. The fraction of sp³-hybridized carbons (Fsp3) is 0.200. The van der Waals surface area contributed by atoms with Gasteiger partial charge in [0.2, 0.25) is 0 Å². The minimum atomic E-state index is -0.397. The second-order valence-electron chi connectivity index (χ2n) is 6.15. The number of quaternary nitrogens is 1. The molecule has 0 saturated carbocycles. The Morgan fingerprint density at radius 2 is 1.96 bits per heavy atom. The van der Waals surface area contributed by atoms with Crippen LogP contribution in [0.5, 0.6) is 0 Å². The molecule has 0 unspecified atom stereocenters.